The minimum Gasteiger partial charge on any atom is -0.378 e. The molecule has 6 rings (SSSR count). The molecule has 4 aromatic rings. The van der Waals surface area contributed by atoms with Gasteiger partial charge in [-0.05, 0) is 78.9 Å². The molecule has 4 aromatic carbocycles. The first-order valence-corrected chi connectivity index (χ1v) is 14.6. The van der Waals surface area contributed by atoms with Crippen molar-refractivity contribution in [2.75, 3.05) is 5.32 Å². The van der Waals surface area contributed by atoms with Gasteiger partial charge in [0.05, 0.1) is 11.7 Å². The van der Waals surface area contributed by atoms with Gasteiger partial charge in [0.1, 0.15) is 4.90 Å². The molecule has 2 aliphatic rings. The monoisotopic (exact) mass is 554 g/mol. The maximum absolute atomic E-state index is 12.9. The van der Waals surface area contributed by atoms with E-state index in [0.29, 0.717) is 22.4 Å². The first kappa shape index (κ1) is 25.4. The van der Waals surface area contributed by atoms with Gasteiger partial charge in [0.15, 0.2) is 5.75 Å². The summed E-state index contributed by atoms with van der Waals surface area (Å²) in [6.07, 6.45) is 7.24. The average Bonchev–Trinajstić information content (AvgIpc) is 3.44. The fraction of sp³-hybridized carbons (Fsp3) is 0.156. The van der Waals surface area contributed by atoms with Crippen LogP contribution in [0.2, 0.25) is 5.02 Å². The van der Waals surface area contributed by atoms with Gasteiger partial charge >= 0.3 is 10.1 Å². The molecule has 196 valence electrons. The third-order valence-electron chi connectivity index (χ3n) is 7.36. The molecule has 0 unspecified atom stereocenters. The number of hydrogen-bond acceptors (Lipinski definition) is 5. The van der Waals surface area contributed by atoms with Crippen LogP contribution in [0.4, 0.5) is 11.4 Å². The van der Waals surface area contributed by atoms with E-state index in [1.807, 2.05) is 19.1 Å². The van der Waals surface area contributed by atoms with Gasteiger partial charge in [-0.2, -0.15) is 8.42 Å². The number of nitrogens with one attached hydrogen (secondary N) is 1. The van der Waals surface area contributed by atoms with Crippen LogP contribution in [0, 0.1) is 12.8 Å². The molecule has 5 nitrogen and oxygen atoms in total. The number of anilines is 1. The number of aliphatic imine (C=N–C) groups is 1. The Bertz CT molecular complexity index is 1680. The van der Waals surface area contributed by atoms with Crippen molar-refractivity contribution < 1.29 is 12.6 Å². The van der Waals surface area contributed by atoms with Crippen LogP contribution in [-0.4, -0.2) is 14.6 Å². The summed E-state index contributed by atoms with van der Waals surface area (Å²) in [5.41, 5.74) is 5.92. The zero-order valence-corrected chi connectivity index (χ0v) is 22.9. The molecule has 1 aliphatic heterocycles. The Hall–Kier alpha value is -3.87. The van der Waals surface area contributed by atoms with E-state index in [1.165, 1.54) is 35.0 Å². The summed E-state index contributed by atoms with van der Waals surface area (Å²) >= 11 is 6.21. The number of nitrogens with zero attached hydrogens (tertiary/aromatic N) is 1. The second-order valence-corrected chi connectivity index (χ2v) is 11.9. The summed E-state index contributed by atoms with van der Waals surface area (Å²) in [5.74, 6) is 1.05. The number of benzene rings is 4. The number of aryl methyl sites for hydroxylation is 1. The summed E-state index contributed by atoms with van der Waals surface area (Å²) in [6.45, 7) is 1.89. The Balaban J connectivity index is 1.23. The number of fused-ring (bicyclic) bond motifs is 3. The van der Waals surface area contributed by atoms with Crippen LogP contribution in [0.25, 0.3) is 0 Å². The molecular weight excluding hydrogens is 528 g/mol. The van der Waals surface area contributed by atoms with Gasteiger partial charge < -0.3 is 9.50 Å². The highest BCUT2D eigenvalue weighted by Gasteiger charge is 2.37. The van der Waals surface area contributed by atoms with Gasteiger partial charge in [0.25, 0.3) is 0 Å². The van der Waals surface area contributed by atoms with Crippen LogP contribution < -0.4 is 9.50 Å². The molecule has 0 spiro atoms. The molecule has 0 radical (unpaired) electrons. The van der Waals surface area contributed by atoms with E-state index < -0.39 is 10.1 Å². The Labute approximate surface area is 234 Å². The molecule has 0 aromatic heterocycles. The maximum Gasteiger partial charge on any atom is 0.339 e. The van der Waals surface area contributed by atoms with Crippen molar-refractivity contribution in [3.8, 4) is 5.75 Å². The molecule has 7 heteroatoms. The van der Waals surface area contributed by atoms with Crippen molar-refractivity contribution >= 4 is 39.3 Å². The van der Waals surface area contributed by atoms with E-state index in [0.717, 1.165) is 17.7 Å². The fourth-order valence-electron chi connectivity index (χ4n) is 5.35. The van der Waals surface area contributed by atoms with E-state index in [1.54, 1.807) is 30.5 Å². The molecule has 0 bridgehead atoms. The predicted octanol–water partition coefficient (Wildman–Crippen LogP) is 7.99. The minimum absolute atomic E-state index is 0.0835. The van der Waals surface area contributed by atoms with Crippen molar-refractivity contribution in [2.24, 2.45) is 10.9 Å². The quantitative estimate of drug-likeness (QED) is 0.149. The molecule has 1 N–H and O–H groups in total. The van der Waals surface area contributed by atoms with Crippen LogP contribution in [0.5, 0.6) is 5.75 Å². The Morgan fingerprint density at radius 2 is 1.74 bits per heavy atom. The lowest BCUT2D eigenvalue weighted by molar-refractivity contribution is 0.425. The summed E-state index contributed by atoms with van der Waals surface area (Å²) in [7, 11) is -4.01. The minimum atomic E-state index is -4.01. The number of hydrogen-bond donors (Lipinski definition) is 1. The molecule has 0 saturated carbocycles. The van der Waals surface area contributed by atoms with Crippen molar-refractivity contribution in [2.45, 2.75) is 30.2 Å². The van der Waals surface area contributed by atoms with E-state index in [9.17, 15) is 8.42 Å². The number of rotatable bonds is 6. The Morgan fingerprint density at radius 1 is 0.974 bits per heavy atom. The average molecular weight is 555 g/mol. The molecule has 3 atom stereocenters. The zero-order chi connectivity index (χ0) is 27.0. The van der Waals surface area contributed by atoms with E-state index in [4.69, 9.17) is 15.8 Å². The van der Waals surface area contributed by atoms with Gasteiger partial charge in [-0.1, -0.05) is 71.8 Å². The van der Waals surface area contributed by atoms with Crippen LogP contribution in [0.3, 0.4) is 0 Å². The standard InChI is InChI=1S/C32H27ClN2O3S/c1-21-9-16-26(17-10-21)39(36,37)38-31-18-13-24(33)19-23(31)20-34-25-14-11-22(12-15-25)32-29-7-4-6-27(29)28-5-2-3-8-30(28)35-32/h2-6,8-20,27,29,32,35H,7H2,1H3/t27-,29-,32+/m1/s1. The second kappa shape index (κ2) is 10.4. The van der Waals surface area contributed by atoms with Gasteiger partial charge in [0.2, 0.25) is 0 Å². The summed E-state index contributed by atoms with van der Waals surface area (Å²) in [6, 6.07) is 28.2. The molecule has 0 saturated heterocycles. The lowest BCUT2D eigenvalue weighted by atomic mass is 9.77. The number of halogens is 1. The van der Waals surface area contributed by atoms with Crippen molar-refractivity contribution in [3.63, 3.8) is 0 Å². The predicted molar refractivity (Wildman–Crippen MR) is 157 cm³/mol. The van der Waals surface area contributed by atoms with E-state index in [-0.39, 0.29) is 16.7 Å². The normalized spacial score (nSPS) is 19.9. The Morgan fingerprint density at radius 3 is 2.54 bits per heavy atom. The van der Waals surface area contributed by atoms with Crippen molar-refractivity contribution in [1.29, 1.82) is 0 Å². The molecule has 39 heavy (non-hydrogen) atoms. The number of allylic oxidation sites excluding steroid dienone is 2. The smallest absolute Gasteiger partial charge is 0.339 e. The fourth-order valence-corrected chi connectivity index (χ4v) is 6.49. The third kappa shape index (κ3) is 5.22. The molecule has 1 heterocycles. The highest BCUT2D eigenvalue weighted by Crippen LogP contribution is 2.49. The van der Waals surface area contributed by atoms with Crippen LogP contribution in [0.15, 0.2) is 113 Å². The molecule has 0 fully saturated rings. The topological polar surface area (TPSA) is 67.8 Å². The maximum atomic E-state index is 12.9. The third-order valence-corrected chi connectivity index (χ3v) is 8.84. The van der Waals surface area contributed by atoms with Crippen molar-refractivity contribution in [1.82, 2.24) is 0 Å². The van der Waals surface area contributed by atoms with Gasteiger partial charge in [-0.15, -0.1) is 0 Å². The van der Waals surface area contributed by atoms with Gasteiger partial charge in [0, 0.05) is 28.4 Å². The lowest BCUT2D eigenvalue weighted by Gasteiger charge is -2.37. The van der Waals surface area contributed by atoms with E-state index in [2.05, 4.69) is 58.9 Å². The summed E-state index contributed by atoms with van der Waals surface area (Å²) in [4.78, 5) is 4.67. The molecule has 1 aliphatic carbocycles. The van der Waals surface area contributed by atoms with Crippen molar-refractivity contribution in [3.05, 3.63) is 130 Å². The zero-order valence-electron chi connectivity index (χ0n) is 21.3. The molecular formula is C32H27ClN2O3S. The lowest BCUT2D eigenvalue weighted by Crippen LogP contribution is -2.28. The highest BCUT2D eigenvalue weighted by molar-refractivity contribution is 7.87. The van der Waals surface area contributed by atoms with Gasteiger partial charge in [-0.25, -0.2) is 0 Å². The first-order chi connectivity index (χ1) is 18.9. The summed E-state index contributed by atoms with van der Waals surface area (Å²) < 4.78 is 31.2. The number of para-hydroxylation sites is 1. The van der Waals surface area contributed by atoms with Crippen LogP contribution >= 0.6 is 11.6 Å². The van der Waals surface area contributed by atoms with E-state index >= 15 is 0 Å². The molecule has 0 amide bonds. The first-order valence-electron chi connectivity index (χ1n) is 12.8. The second-order valence-electron chi connectivity index (χ2n) is 9.95. The largest absolute Gasteiger partial charge is 0.378 e. The van der Waals surface area contributed by atoms with Gasteiger partial charge in [-0.3, -0.25) is 4.99 Å². The Kier molecular flexibility index (Phi) is 6.75. The highest BCUT2D eigenvalue weighted by atomic mass is 35.5. The summed E-state index contributed by atoms with van der Waals surface area (Å²) in [5, 5.41) is 4.20. The van der Waals surface area contributed by atoms with Crippen LogP contribution in [-0.2, 0) is 10.1 Å². The van der Waals surface area contributed by atoms with Crippen LogP contribution in [0.1, 0.15) is 40.6 Å². The SMILES string of the molecule is Cc1ccc(S(=O)(=O)Oc2ccc(Cl)cc2C=Nc2ccc([C@@H]3Nc4ccccc4[C@H]4C=CC[C@H]43)cc2)cc1.